The molecule has 6 rings (SSSR count). The third kappa shape index (κ3) is 3.46. The highest BCUT2D eigenvalue weighted by molar-refractivity contribution is 6.30. The summed E-state index contributed by atoms with van der Waals surface area (Å²) in [5.74, 6) is -0.254. The van der Waals surface area contributed by atoms with Crippen LogP contribution in [-0.2, 0) is 11.2 Å². The van der Waals surface area contributed by atoms with Crippen LogP contribution in [0.15, 0.2) is 72.8 Å². The van der Waals surface area contributed by atoms with Crippen LogP contribution in [0, 0.1) is 0 Å². The lowest BCUT2D eigenvalue weighted by Crippen LogP contribution is -2.54. The van der Waals surface area contributed by atoms with Crippen molar-refractivity contribution in [1.82, 2.24) is 9.80 Å². The van der Waals surface area contributed by atoms with Gasteiger partial charge in [0.05, 0.1) is 12.0 Å². The van der Waals surface area contributed by atoms with E-state index >= 15 is 0 Å². The van der Waals surface area contributed by atoms with Crippen LogP contribution in [0.25, 0.3) is 0 Å². The zero-order valence-electron chi connectivity index (χ0n) is 18.9. The van der Waals surface area contributed by atoms with Crippen molar-refractivity contribution in [3.8, 4) is 0 Å². The summed E-state index contributed by atoms with van der Waals surface area (Å²) in [6, 6.07) is 23.5. The molecule has 3 aromatic rings. The van der Waals surface area contributed by atoms with Gasteiger partial charge in [0.25, 0.3) is 5.91 Å². The van der Waals surface area contributed by atoms with Crippen LogP contribution in [0.1, 0.15) is 39.0 Å². The highest BCUT2D eigenvalue weighted by atomic mass is 35.5. The Morgan fingerprint density at radius 2 is 1.56 bits per heavy atom. The lowest BCUT2D eigenvalue weighted by molar-refractivity contribution is -0.135. The van der Waals surface area contributed by atoms with Gasteiger partial charge in [-0.05, 0) is 47.4 Å². The van der Waals surface area contributed by atoms with E-state index in [2.05, 4.69) is 23.1 Å². The quantitative estimate of drug-likeness (QED) is 0.551. The Kier molecular flexibility index (Phi) is 5.30. The second kappa shape index (κ2) is 8.48. The van der Waals surface area contributed by atoms with E-state index in [1.165, 1.54) is 5.56 Å². The molecule has 34 heavy (non-hydrogen) atoms. The van der Waals surface area contributed by atoms with Crippen LogP contribution >= 0.6 is 11.6 Å². The van der Waals surface area contributed by atoms with Crippen LogP contribution < -0.4 is 4.90 Å². The minimum absolute atomic E-state index is 0.0323. The Hall–Kier alpha value is -3.31. The van der Waals surface area contributed by atoms with Gasteiger partial charge in [-0.3, -0.25) is 9.59 Å². The van der Waals surface area contributed by atoms with Crippen molar-refractivity contribution in [2.45, 2.75) is 18.4 Å². The predicted octanol–water partition coefficient (Wildman–Crippen LogP) is 4.53. The largest absolute Gasteiger partial charge is 0.368 e. The van der Waals surface area contributed by atoms with Gasteiger partial charge in [0.1, 0.15) is 0 Å². The molecule has 1 saturated heterocycles. The first-order chi connectivity index (χ1) is 16.6. The zero-order valence-corrected chi connectivity index (χ0v) is 19.6. The smallest absolute Gasteiger partial charge is 0.254 e. The lowest BCUT2D eigenvalue weighted by atomic mass is 9.75. The van der Waals surface area contributed by atoms with Gasteiger partial charge in [-0.1, -0.05) is 60.1 Å². The average Bonchev–Trinajstić information content (AvgIpc) is 2.89. The molecule has 2 atom stereocenters. The number of rotatable bonds is 2. The van der Waals surface area contributed by atoms with Crippen molar-refractivity contribution in [3.05, 3.63) is 100 Å². The molecule has 3 heterocycles. The second-order valence-corrected chi connectivity index (χ2v) is 9.69. The fourth-order valence-electron chi connectivity index (χ4n) is 5.80. The summed E-state index contributed by atoms with van der Waals surface area (Å²) in [5.41, 5.74) is 4.94. The van der Waals surface area contributed by atoms with E-state index in [1.54, 1.807) is 0 Å². The van der Waals surface area contributed by atoms with Crippen molar-refractivity contribution in [2.75, 3.05) is 37.6 Å². The Balaban J connectivity index is 1.33. The van der Waals surface area contributed by atoms with Crippen molar-refractivity contribution in [3.63, 3.8) is 0 Å². The van der Waals surface area contributed by atoms with Gasteiger partial charge in [0, 0.05) is 49.0 Å². The van der Waals surface area contributed by atoms with Gasteiger partial charge in [0.15, 0.2) is 0 Å². The molecule has 0 saturated carbocycles. The first kappa shape index (κ1) is 21.2. The number of carbonyl (C=O) groups is 2. The summed E-state index contributed by atoms with van der Waals surface area (Å²) in [4.78, 5) is 33.7. The van der Waals surface area contributed by atoms with Crippen molar-refractivity contribution >= 4 is 29.1 Å². The maximum atomic E-state index is 14.1. The Morgan fingerprint density at radius 3 is 2.35 bits per heavy atom. The fourth-order valence-corrected chi connectivity index (χ4v) is 5.98. The molecule has 5 nitrogen and oxygen atoms in total. The minimum atomic E-state index is -0.395. The van der Waals surface area contributed by atoms with Crippen molar-refractivity contribution < 1.29 is 9.59 Å². The number of anilines is 1. The van der Waals surface area contributed by atoms with E-state index in [0.717, 1.165) is 41.3 Å². The third-order valence-electron chi connectivity index (χ3n) is 7.47. The number of benzene rings is 3. The predicted molar refractivity (Wildman–Crippen MR) is 133 cm³/mol. The normalized spacial score (nSPS) is 21.6. The number of hydrogen-bond donors (Lipinski definition) is 0. The summed E-state index contributed by atoms with van der Waals surface area (Å²) in [6.07, 6.45) is 0.819. The van der Waals surface area contributed by atoms with Crippen molar-refractivity contribution in [1.29, 1.82) is 0 Å². The number of amides is 2. The number of nitrogens with zero attached hydrogens (tertiary/aromatic N) is 3. The first-order valence-electron chi connectivity index (χ1n) is 11.9. The average molecular weight is 472 g/mol. The molecule has 0 bridgehead atoms. The van der Waals surface area contributed by atoms with Crippen LogP contribution in [-0.4, -0.2) is 54.3 Å². The molecule has 2 amide bonds. The van der Waals surface area contributed by atoms with E-state index < -0.39 is 5.92 Å². The standard InChI is InChI=1S/C28H26ClN3O2/c29-20-7-5-8-21(18-20)30-14-16-31(17-15-30)28(34)25-23-10-3-4-11-24(23)27(33)32-13-12-19-6-1-2-9-22(19)26(25)32/h1-11,18,25-26H,12-17H2/t25-,26-/m0/s1. The number of hydrogen-bond acceptors (Lipinski definition) is 3. The summed E-state index contributed by atoms with van der Waals surface area (Å²) >= 11 is 6.19. The number of halogens is 1. The second-order valence-electron chi connectivity index (χ2n) is 9.25. The third-order valence-corrected chi connectivity index (χ3v) is 7.70. The first-order valence-corrected chi connectivity index (χ1v) is 12.3. The van der Waals surface area contributed by atoms with Crippen LogP contribution in [0.2, 0.25) is 5.02 Å². The minimum Gasteiger partial charge on any atom is -0.368 e. The molecule has 3 aliphatic rings. The SMILES string of the molecule is O=C([C@H]1c2ccccc2C(=O)N2CCc3ccccc3[C@@H]12)N1CCN(c2cccc(Cl)c2)CC1. The topological polar surface area (TPSA) is 43.9 Å². The summed E-state index contributed by atoms with van der Waals surface area (Å²) in [6.45, 7) is 3.44. The highest BCUT2D eigenvalue weighted by Crippen LogP contribution is 2.46. The molecule has 0 radical (unpaired) electrons. The van der Waals surface area contributed by atoms with E-state index in [1.807, 2.05) is 64.4 Å². The van der Waals surface area contributed by atoms with Crippen LogP contribution in [0.5, 0.6) is 0 Å². The monoisotopic (exact) mass is 471 g/mol. The Bertz CT molecular complexity index is 1270. The Labute approximate surface area is 204 Å². The number of fused-ring (bicyclic) bond motifs is 4. The van der Waals surface area contributed by atoms with Crippen molar-refractivity contribution in [2.24, 2.45) is 0 Å². The molecule has 0 N–H and O–H groups in total. The summed E-state index contributed by atoms with van der Waals surface area (Å²) in [5, 5.41) is 0.718. The van der Waals surface area contributed by atoms with Gasteiger partial charge >= 0.3 is 0 Å². The molecule has 6 heteroatoms. The van der Waals surface area contributed by atoms with E-state index in [9.17, 15) is 9.59 Å². The van der Waals surface area contributed by atoms with E-state index in [0.29, 0.717) is 25.2 Å². The van der Waals surface area contributed by atoms with Gasteiger partial charge in [-0.25, -0.2) is 0 Å². The van der Waals surface area contributed by atoms with Crippen LogP contribution in [0.3, 0.4) is 0 Å². The zero-order chi connectivity index (χ0) is 23.2. The maximum absolute atomic E-state index is 14.1. The molecule has 172 valence electrons. The molecule has 0 spiro atoms. The lowest BCUT2D eigenvalue weighted by Gasteiger charge is -2.47. The molecular weight excluding hydrogens is 446 g/mol. The molecule has 0 aliphatic carbocycles. The highest BCUT2D eigenvalue weighted by Gasteiger charge is 2.47. The summed E-state index contributed by atoms with van der Waals surface area (Å²) < 4.78 is 0. The van der Waals surface area contributed by atoms with Gasteiger partial charge in [-0.2, -0.15) is 0 Å². The number of carbonyl (C=O) groups excluding carboxylic acids is 2. The molecule has 3 aromatic carbocycles. The molecule has 0 unspecified atom stereocenters. The molecule has 0 aromatic heterocycles. The molecule has 1 fully saturated rings. The number of piperazine rings is 1. The van der Waals surface area contributed by atoms with E-state index in [-0.39, 0.29) is 17.9 Å². The molecule has 3 aliphatic heterocycles. The fraction of sp³-hybridized carbons (Fsp3) is 0.286. The van der Waals surface area contributed by atoms with E-state index in [4.69, 9.17) is 11.6 Å². The van der Waals surface area contributed by atoms with Crippen LogP contribution in [0.4, 0.5) is 5.69 Å². The maximum Gasteiger partial charge on any atom is 0.254 e. The molecular formula is C28H26ClN3O2. The summed E-state index contributed by atoms with van der Waals surface area (Å²) in [7, 11) is 0. The van der Waals surface area contributed by atoms with Gasteiger partial charge in [0.2, 0.25) is 5.91 Å². The van der Waals surface area contributed by atoms with Gasteiger partial charge < -0.3 is 14.7 Å². The van der Waals surface area contributed by atoms with Gasteiger partial charge in [-0.15, -0.1) is 0 Å². The Morgan fingerprint density at radius 1 is 0.824 bits per heavy atom.